The monoisotopic (exact) mass is 238 g/mol. The largest absolute Gasteiger partial charge is 0.621 e. The van der Waals surface area contributed by atoms with Gasteiger partial charge in [0.1, 0.15) is 0 Å². The Balaban J connectivity index is 2.34. The van der Waals surface area contributed by atoms with Crippen molar-refractivity contribution in [1.29, 1.82) is 0 Å². The minimum atomic E-state index is -0.423. The van der Waals surface area contributed by atoms with Gasteiger partial charge in [-0.3, -0.25) is 4.39 Å². The van der Waals surface area contributed by atoms with Gasteiger partial charge in [-0.15, -0.1) is 0 Å². The smallest absolute Gasteiger partial charge is 0.497 e. The highest BCUT2D eigenvalue weighted by atomic mass is 27.1. The second kappa shape index (κ2) is 4.68. The summed E-state index contributed by atoms with van der Waals surface area (Å²) in [7, 11) is 0. The Hall–Kier alpha value is -1.32. The van der Waals surface area contributed by atoms with E-state index < -0.39 is 6.67 Å². The summed E-state index contributed by atoms with van der Waals surface area (Å²) >= 11 is 1.30. The minimum absolute atomic E-state index is 0.300. The van der Waals surface area contributed by atoms with Crippen molar-refractivity contribution in [2.45, 2.75) is 13.3 Å². The van der Waals surface area contributed by atoms with Crippen LogP contribution in [0.25, 0.3) is 5.82 Å². The molecule has 5 nitrogen and oxygen atoms in total. The Morgan fingerprint density at radius 1 is 1.62 bits per heavy atom. The molecule has 0 aliphatic rings. The van der Waals surface area contributed by atoms with Crippen LogP contribution in [0, 0.1) is 6.92 Å². The molecule has 2 heterocycles. The summed E-state index contributed by atoms with van der Waals surface area (Å²) in [5, 5.41) is 4.17. The second-order valence-electron chi connectivity index (χ2n) is 3.18. The molecule has 0 fully saturated rings. The molecule has 2 aromatic rings. The number of aryl methyl sites for hydroxylation is 2. The molecule has 83 valence electrons. The third-order valence-electron chi connectivity index (χ3n) is 2.03. The molecule has 0 N–H and O–H groups in total. The summed E-state index contributed by atoms with van der Waals surface area (Å²) in [6, 6.07) is 1.74. The van der Waals surface area contributed by atoms with Crippen LogP contribution < -0.4 is 3.79 Å². The lowest BCUT2D eigenvalue weighted by atomic mass is 10.3. The quantitative estimate of drug-likeness (QED) is 0.742. The van der Waals surface area contributed by atoms with Crippen molar-refractivity contribution in [3.05, 3.63) is 23.8 Å². The fourth-order valence-electron chi connectivity index (χ4n) is 1.35. The number of hydrogen-bond donors (Lipinski definition) is 0. The predicted molar refractivity (Wildman–Crippen MR) is 55.8 cm³/mol. The Morgan fingerprint density at radius 3 is 3.12 bits per heavy atom. The van der Waals surface area contributed by atoms with Crippen LogP contribution in [0.2, 0.25) is 0 Å². The van der Waals surface area contributed by atoms with Crippen molar-refractivity contribution >= 4 is 16.6 Å². The van der Waals surface area contributed by atoms with Crippen LogP contribution >= 0.6 is 0 Å². The number of nitrogens with zero attached hydrogens (tertiary/aromatic N) is 3. The zero-order valence-electron chi connectivity index (χ0n) is 8.81. The van der Waals surface area contributed by atoms with E-state index in [0.717, 1.165) is 0 Å². The molecule has 0 aromatic carbocycles. The van der Waals surface area contributed by atoms with E-state index >= 15 is 0 Å². The summed E-state index contributed by atoms with van der Waals surface area (Å²) in [6.07, 6.45) is 2.00. The molecule has 0 spiro atoms. The summed E-state index contributed by atoms with van der Waals surface area (Å²) in [6.45, 7) is 1.30. The van der Waals surface area contributed by atoms with Crippen molar-refractivity contribution in [3.63, 3.8) is 0 Å². The van der Waals surface area contributed by atoms with Gasteiger partial charge in [-0.2, -0.15) is 10.1 Å². The van der Waals surface area contributed by atoms with Crippen molar-refractivity contribution in [3.8, 4) is 11.8 Å². The maximum Gasteiger partial charge on any atom is 0.497 e. The van der Waals surface area contributed by atoms with Gasteiger partial charge in [-0.25, -0.2) is 4.68 Å². The molecular formula is C9H10AlFN3O2. The normalized spacial score (nSPS) is 10.6. The van der Waals surface area contributed by atoms with Gasteiger partial charge in [-0.1, -0.05) is 0 Å². The fraction of sp³-hybridized carbons (Fsp3) is 0.333. The SMILES string of the molecule is Cc1nc(-n2ccc(CCF)n2)c([O][AlH])o1. The maximum absolute atomic E-state index is 12.1. The number of rotatable bonds is 4. The van der Waals surface area contributed by atoms with Gasteiger partial charge in [0.05, 0.1) is 12.4 Å². The second-order valence-corrected chi connectivity index (χ2v) is 3.47. The van der Waals surface area contributed by atoms with Crippen LogP contribution in [-0.4, -0.2) is 38.1 Å². The summed E-state index contributed by atoms with van der Waals surface area (Å²) in [4.78, 5) is 4.14. The van der Waals surface area contributed by atoms with E-state index in [1.165, 1.54) is 21.3 Å². The standard InChI is InChI=1S/C9H10FN3O2.Al.H/c1-6-11-8(9(14)15-6)13-5-3-7(12-13)2-4-10;;/h3,5,14H,2,4H2,1H3;;/q;+1;/p-1. The lowest BCUT2D eigenvalue weighted by Gasteiger charge is -1.99. The van der Waals surface area contributed by atoms with Gasteiger partial charge < -0.3 is 8.21 Å². The predicted octanol–water partition coefficient (Wildman–Crippen LogP) is 0.875. The molecule has 7 heteroatoms. The molecule has 0 saturated heterocycles. The average molecular weight is 238 g/mol. The molecule has 0 saturated carbocycles. The van der Waals surface area contributed by atoms with Gasteiger partial charge in [0.25, 0.3) is 5.95 Å². The number of halogens is 1. The third kappa shape index (κ3) is 2.10. The first kappa shape index (κ1) is 11.2. The third-order valence-corrected chi connectivity index (χ3v) is 2.29. The van der Waals surface area contributed by atoms with Gasteiger partial charge in [0, 0.05) is 19.5 Å². The zero-order chi connectivity index (χ0) is 11.5. The van der Waals surface area contributed by atoms with E-state index in [0.29, 0.717) is 29.8 Å². The molecule has 16 heavy (non-hydrogen) atoms. The highest BCUT2D eigenvalue weighted by Crippen LogP contribution is 2.22. The molecule has 2 aromatic heterocycles. The lowest BCUT2D eigenvalue weighted by molar-refractivity contribution is 0.390. The summed E-state index contributed by atoms with van der Waals surface area (Å²) < 4.78 is 23.9. The molecule has 0 atom stereocenters. The van der Waals surface area contributed by atoms with Crippen molar-refractivity contribution in [2.75, 3.05) is 6.67 Å². The van der Waals surface area contributed by atoms with Crippen LogP contribution in [-0.2, 0) is 6.42 Å². The summed E-state index contributed by atoms with van der Waals surface area (Å²) in [5.74, 6) is 1.29. The Labute approximate surface area is 100.0 Å². The van der Waals surface area contributed by atoms with E-state index in [1.807, 2.05) is 0 Å². The van der Waals surface area contributed by atoms with E-state index in [-0.39, 0.29) is 0 Å². The van der Waals surface area contributed by atoms with E-state index in [2.05, 4.69) is 10.1 Å². The van der Waals surface area contributed by atoms with Crippen LogP contribution in [0.4, 0.5) is 4.39 Å². The van der Waals surface area contributed by atoms with Crippen molar-refractivity contribution in [1.82, 2.24) is 14.8 Å². The summed E-state index contributed by atoms with van der Waals surface area (Å²) in [5.41, 5.74) is 0.674. The highest BCUT2D eigenvalue weighted by Gasteiger charge is 2.13. The molecule has 0 aliphatic carbocycles. The van der Waals surface area contributed by atoms with Crippen LogP contribution in [0.5, 0.6) is 5.95 Å². The Bertz CT molecular complexity index is 483. The van der Waals surface area contributed by atoms with Gasteiger partial charge in [0.15, 0.2) is 5.89 Å². The lowest BCUT2D eigenvalue weighted by Crippen LogP contribution is -2.00. The fourth-order valence-corrected chi connectivity index (χ4v) is 1.53. The zero-order valence-corrected chi connectivity index (χ0v) is 10.2. The van der Waals surface area contributed by atoms with Crippen LogP contribution in [0.15, 0.2) is 16.7 Å². The molecule has 2 rings (SSSR count). The Morgan fingerprint density at radius 2 is 2.44 bits per heavy atom. The van der Waals surface area contributed by atoms with Gasteiger partial charge in [0.2, 0.25) is 5.82 Å². The van der Waals surface area contributed by atoms with Crippen molar-refractivity contribution in [2.24, 2.45) is 0 Å². The minimum Gasteiger partial charge on any atom is -0.621 e. The first-order valence-electron chi connectivity index (χ1n) is 4.75. The molecule has 0 amide bonds. The molecule has 1 radical (unpaired) electrons. The van der Waals surface area contributed by atoms with Crippen LogP contribution in [0.3, 0.4) is 0 Å². The maximum atomic E-state index is 12.1. The van der Waals surface area contributed by atoms with Gasteiger partial charge >= 0.3 is 16.6 Å². The topological polar surface area (TPSA) is 53.1 Å². The molecule has 0 unspecified atom stereocenters. The highest BCUT2D eigenvalue weighted by molar-refractivity contribution is 5.99. The molecule has 0 bridgehead atoms. The number of alkyl halides is 1. The van der Waals surface area contributed by atoms with E-state index in [9.17, 15) is 4.39 Å². The number of aromatic nitrogens is 3. The first-order chi connectivity index (χ1) is 7.74. The average Bonchev–Trinajstić information content (AvgIpc) is 2.85. The van der Waals surface area contributed by atoms with Crippen molar-refractivity contribution < 1.29 is 12.6 Å². The molecule has 0 aliphatic heterocycles. The van der Waals surface area contributed by atoms with Gasteiger partial charge in [-0.05, 0) is 6.07 Å². The number of oxazole rings is 1. The van der Waals surface area contributed by atoms with E-state index in [1.54, 1.807) is 19.2 Å². The first-order valence-corrected chi connectivity index (χ1v) is 5.32. The number of hydrogen-bond acceptors (Lipinski definition) is 4. The Kier molecular flexibility index (Phi) is 3.27. The molecular weight excluding hydrogens is 228 g/mol. The van der Waals surface area contributed by atoms with Crippen LogP contribution in [0.1, 0.15) is 11.6 Å². The van der Waals surface area contributed by atoms with E-state index in [4.69, 9.17) is 8.21 Å².